The van der Waals surface area contributed by atoms with Gasteiger partial charge in [0.15, 0.2) is 5.78 Å². The van der Waals surface area contributed by atoms with Gasteiger partial charge in [-0.25, -0.2) is 4.79 Å². The molecule has 0 unspecified atom stereocenters. The molecule has 0 radical (unpaired) electrons. The number of dihydropyridines is 1. The third kappa shape index (κ3) is 4.62. The van der Waals surface area contributed by atoms with Gasteiger partial charge in [0.25, 0.3) is 0 Å². The van der Waals surface area contributed by atoms with Crippen molar-refractivity contribution in [2.45, 2.75) is 39.0 Å². The van der Waals surface area contributed by atoms with Crippen LogP contribution in [0, 0.1) is 5.92 Å². The Morgan fingerprint density at radius 1 is 1.06 bits per heavy atom. The van der Waals surface area contributed by atoms with Gasteiger partial charge in [-0.3, -0.25) is 9.59 Å². The Labute approximate surface area is 208 Å². The summed E-state index contributed by atoms with van der Waals surface area (Å²) >= 11 is 1.49. The lowest BCUT2D eigenvalue weighted by Gasteiger charge is -2.39. The Morgan fingerprint density at radius 3 is 2.37 bits per heavy atom. The molecule has 3 atom stereocenters. The molecule has 0 saturated heterocycles. The van der Waals surface area contributed by atoms with Crippen LogP contribution in [0.15, 0.2) is 63.6 Å². The van der Waals surface area contributed by atoms with Crippen LogP contribution in [0.1, 0.15) is 50.2 Å². The molecule has 2 aromatic rings. The first-order valence-corrected chi connectivity index (χ1v) is 12.6. The van der Waals surface area contributed by atoms with Crippen molar-refractivity contribution in [3.63, 3.8) is 0 Å². The maximum atomic E-state index is 14.1. The zero-order valence-corrected chi connectivity index (χ0v) is 21.1. The van der Waals surface area contributed by atoms with Crippen molar-refractivity contribution in [3.8, 4) is 5.75 Å². The first-order chi connectivity index (χ1) is 16.9. The maximum Gasteiger partial charge on any atom is 0.336 e. The lowest BCUT2D eigenvalue weighted by atomic mass is 9.67. The van der Waals surface area contributed by atoms with Gasteiger partial charge < -0.3 is 19.5 Å². The summed E-state index contributed by atoms with van der Waals surface area (Å²) in [5.41, 5.74) is 3.86. The van der Waals surface area contributed by atoms with Crippen LogP contribution in [-0.4, -0.2) is 38.0 Å². The van der Waals surface area contributed by atoms with Crippen LogP contribution in [0.5, 0.6) is 5.75 Å². The highest BCUT2D eigenvalue weighted by molar-refractivity contribution is 7.08. The highest BCUT2D eigenvalue weighted by atomic mass is 32.1. The van der Waals surface area contributed by atoms with Gasteiger partial charge in [0.1, 0.15) is 11.7 Å². The monoisotopic (exact) mass is 495 g/mol. The minimum absolute atomic E-state index is 0.170. The Balaban J connectivity index is 1.85. The fourth-order valence-electron chi connectivity index (χ4n) is 4.95. The van der Waals surface area contributed by atoms with Crippen LogP contribution in [0.2, 0.25) is 0 Å². The second-order valence-electron chi connectivity index (χ2n) is 8.44. The first kappa shape index (κ1) is 24.7. The van der Waals surface area contributed by atoms with Crippen LogP contribution in [0.4, 0.5) is 0 Å². The second-order valence-corrected chi connectivity index (χ2v) is 9.22. The molecule has 2 aliphatic rings. The molecule has 2 heterocycles. The summed E-state index contributed by atoms with van der Waals surface area (Å²) < 4.78 is 16.0. The van der Waals surface area contributed by atoms with E-state index in [2.05, 4.69) is 5.32 Å². The zero-order valence-electron chi connectivity index (χ0n) is 20.3. The van der Waals surface area contributed by atoms with Gasteiger partial charge in [0.2, 0.25) is 0 Å². The number of benzene rings is 1. The maximum absolute atomic E-state index is 14.1. The van der Waals surface area contributed by atoms with Gasteiger partial charge in [-0.15, -0.1) is 0 Å². The minimum atomic E-state index is -1.02. The Kier molecular flexibility index (Phi) is 7.40. The quantitative estimate of drug-likeness (QED) is 0.448. The second kappa shape index (κ2) is 10.5. The van der Waals surface area contributed by atoms with E-state index in [0.717, 1.165) is 16.8 Å². The molecule has 1 aromatic carbocycles. The van der Waals surface area contributed by atoms with Crippen molar-refractivity contribution in [3.05, 3.63) is 74.8 Å². The molecule has 35 heavy (non-hydrogen) atoms. The smallest absolute Gasteiger partial charge is 0.336 e. The van der Waals surface area contributed by atoms with E-state index in [1.165, 1.54) is 11.3 Å². The number of carbonyl (C=O) groups excluding carboxylic acids is 3. The summed E-state index contributed by atoms with van der Waals surface area (Å²) in [4.78, 5) is 40.3. The number of ketones is 1. The van der Waals surface area contributed by atoms with Gasteiger partial charge in [-0.2, -0.15) is 11.3 Å². The lowest BCUT2D eigenvalue weighted by Crippen LogP contribution is -2.43. The van der Waals surface area contributed by atoms with E-state index in [1.807, 2.05) is 48.0 Å². The van der Waals surface area contributed by atoms with Crippen LogP contribution in [0.25, 0.3) is 0 Å². The number of nitrogens with one attached hydrogen (secondary N) is 1. The SMILES string of the molecule is CCOC(=O)C1=C(C)NC2=C(C(=O)[C@@H](C(=O)OCC)[C@@H](c3ccc(OC)cc3)C2)[C@@H]1c1ccsc1. The number of rotatable bonds is 7. The van der Waals surface area contributed by atoms with Crippen molar-refractivity contribution < 1.29 is 28.6 Å². The van der Waals surface area contributed by atoms with Crippen LogP contribution >= 0.6 is 11.3 Å². The van der Waals surface area contributed by atoms with E-state index in [-0.39, 0.29) is 19.0 Å². The molecule has 8 heteroatoms. The third-order valence-electron chi connectivity index (χ3n) is 6.48. The molecule has 4 rings (SSSR count). The van der Waals surface area contributed by atoms with Gasteiger partial charge in [0, 0.05) is 28.8 Å². The number of allylic oxidation sites excluding steroid dienone is 3. The van der Waals surface area contributed by atoms with Crippen molar-refractivity contribution in [1.29, 1.82) is 0 Å². The molecule has 0 amide bonds. The fraction of sp³-hybridized carbons (Fsp3) is 0.370. The highest BCUT2D eigenvalue weighted by Crippen LogP contribution is 2.48. The largest absolute Gasteiger partial charge is 0.497 e. The lowest BCUT2D eigenvalue weighted by molar-refractivity contribution is -0.152. The molecule has 1 aromatic heterocycles. The highest BCUT2D eigenvalue weighted by Gasteiger charge is 2.49. The van der Waals surface area contributed by atoms with E-state index >= 15 is 0 Å². The molecule has 0 bridgehead atoms. The number of carbonyl (C=O) groups is 3. The number of hydrogen-bond donors (Lipinski definition) is 1. The van der Waals surface area contributed by atoms with E-state index in [4.69, 9.17) is 14.2 Å². The first-order valence-electron chi connectivity index (χ1n) is 11.7. The predicted octanol–water partition coefficient (Wildman–Crippen LogP) is 4.47. The molecule has 1 aliphatic carbocycles. The van der Waals surface area contributed by atoms with Gasteiger partial charge in [-0.05, 0) is 67.3 Å². The Morgan fingerprint density at radius 2 is 1.77 bits per heavy atom. The average molecular weight is 496 g/mol. The average Bonchev–Trinajstić information content (AvgIpc) is 3.38. The van der Waals surface area contributed by atoms with E-state index < -0.39 is 29.7 Å². The van der Waals surface area contributed by atoms with Gasteiger partial charge >= 0.3 is 11.9 Å². The van der Waals surface area contributed by atoms with Crippen LogP contribution in [-0.2, 0) is 23.9 Å². The summed E-state index contributed by atoms with van der Waals surface area (Å²) in [6.45, 7) is 5.68. The van der Waals surface area contributed by atoms with Crippen molar-refractivity contribution >= 4 is 29.1 Å². The normalized spacial score (nSPS) is 21.8. The molecular formula is C27H29NO6S. The molecular weight excluding hydrogens is 466 g/mol. The number of hydrogen-bond acceptors (Lipinski definition) is 8. The summed E-state index contributed by atoms with van der Waals surface area (Å²) in [6, 6.07) is 9.29. The number of Topliss-reactive ketones (excluding diaryl/α,β-unsaturated/α-hetero) is 1. The molecule has 1 N–H and O–H groups in total. The fourth-order valence-corrected chi connectivity index (χ4v) is 5.64. The molecule has 1 aliphatic heterocycles. The molecule has 0 spiro atoms. The van der Waals surface area contributed by atoms with Crippen molar-refractivity contribution in [2.24, 2.45) is 5.92 Å². The van der Waals surface area contributed by atoms with E-state index in [0.29, 0.717) is 29.0 Å². The summed E-state index contributed by atoms with van der Waals surface area (Å²) in [7, 11) is 1.59. The summed E-state index contributed by atoms with van der Waals surface area (Å²) in [5.74, 6) is -2.72. The summed E-state index contributed by atoms with van der Waals surface area (Å²) in [5, 5.41) is 7.14. The topological polar surface area (TPSA) is 90.9 Å². The Hall–Kier alpha value is -3.39. The molecule has 0 fully saturated rings. The number of esters is 2. The van der Waals surface area contributed by atoms with E-state index in [9.17, 15) is 14.4 Å². The third-order valence-corrected chi connectivity index (χ3v) is 7.18. The number of methoxy groups -OCH3 is 1. The summed E-state index contributed by atoms with van der Waals surface area (Å²) in [6.07, 6.45) is 0.422. The Bertz CT molecular complexity index is 1180. The van der Waals surface area contributed by atoms with E-state index in [1.54, 1.807) is 21.0 Å². The predicted molar refractivity (Wildman–Crippen MR) is 132 cm³/mol. The van der Waals surface area contributed by atoms with Crippen LogP contribution in [0.3, 0.4) is 0 Å². The molecule has 184 valence electrons. The van der Waals surface area contributed by atoms with Gasteiger partial charge in [0.05, 0.1) is 25.9 Å². The van der Waals surface area contributed by atoms with Gasteiger partial charge in [-0.1, -0.05) is 12.1 Å². The minimum Gasteiger partial charge on any atom is -0.497 e. The molecule has 7 nitrogen and oxygen atoms in total. The molecule has 0 saturated carbocycles. The van der Waals surface area contributed by atoms with Crippen molar-refractivity contribution in [2.75, 3.05) is 20.3 Å². The van der Waals surface area contributed by atoms with Crippen LogP contribution < -0.4 is 10.1 Å². The standard InChI is InChI=1S/C27H29NO6S/c1-5-33-26(30)21-15(3)28-20-13-19(16-7-9-18(32-4)10-8-16)23(27(31)34-6-2)25(29)24(20)22(21)17-11-12-35-14-17/h7-12,14,19,22-23,28H,5-6,13H2,1-4H3/t19-,22-,23+/m1/s1. The number of ether oxygens (including phenoxy) is 3. The zero-order chi connectivity index (χ0) is 25.1. The van der Waals surface area contributed by atoms with Crippen molar-refractivity contribution in [1.82, 2.24) is 5.32 Å². The number of thiophene rings is 1.